The van der Waals surface area contributed by atoms with Crippen LogP contribution in [0.25, 0.3) is 0 Å². The van der Waals surface area contributed by atoms with E-state index in [1.165, 1.54) is 0 Å². The summed E-state index contributed by atoms with van der Waals surface area (Å²) in [6.07, 6.45) is 9.82. The van der Waals surface area contributed by atoms with E-state index in [1.54, 1.807) is 18.2 Å². The number of pyridine rings is 1. The summed E-state index contributed by atoms with van der Waals surface area (Å²) in [5.41, 5.74) is 1.38. The third kappa shape index (κ3) is 5.16. The van der Waals surface area contributed by atoms with Crippen molar-refractivity contribution in [2.45, 2.75) is 31.2 Å². The lowest BCUT2D eigenvalue weighted by atomic mass is 9.80. The molecule has 5 nitrogen and oxygen atoms in total. The molecule has 0 spiro atoms. The van der Waals surface area contributed by atoms with Gasteiger partial charge in [-0.3, -0.25) is 9.79 Å². The van der Waals surface area contributed by atoms with Crippen molar-refractivity contribution in [3.63, 3.8) is 0 Å². The fourth-order valence-electron chi connectivity index (χ4n) is 4.53. The highest BCUT2D eigenvalue weighted by Gasteiger charge is 2.34. The van der Waals surface area contributed by atoms with Crippen LogP contribution < -0.4 is 4.90 Å². The topological polar surface area (TPSA) is 48.8 Å². The number of benzene rings is 1. The zero-order chi connectivity index (χ0) is 22.7. The van der Waals surface area contributed by atoms with Crippen molar-refractivity contribution in [3.05, 3.63) is 69.9 Å². The summed E-state index contributed by atoms with van der Waals surface area (Å²) in [6, 6.07) is 11.2. The van der Waals surface area contributed by atoms with E-state index in [1.807, 2.05) is 42.3 Å². The summed E-state index contributed by atoms with van der Waals surface area (Å²) in [5.74, 6) is 1.47. The van der Waals surface area contributed by atoms with Gasteiger partial charge >= 0.3 is 0 Å². The average Bonchev–Trinajstić information content (AvgIpc) is 3.23. The van der Waals surface area contributed by atoms with Crippen molar-refractivity contribution in [3.8, 4) is 0 Å². The number of carbonyl (C=O) groups is 1. The Balaban J connectivity index is 1.39. The molecular weight excluding hydrogens is 443 g/mol. The highest BCUT2D eigenvalue weighted by Crippen LogP contribution is 2.34. The third-order valence-corrected chi connectivity index (χ3v) is 7.01. The van der Waals surface area contributed by atoms with Crippen LogP contribution in [-0.2, 0) is 6.42 Å². The van der Waals surface area contributed by atoms with Gasteiger partial charge in [-0.15, -0.1) is 0 Å². The fourth-order valence-corrected chi connectivity index (χ4v) is 4.83. The number of anilines is 1. The van der Waals surface area contributed by atoms with Gasteiger partial charge in [0.05, 0.1) is 15.6 Å². The molecule has 2 aliphatic rings. The molecule has 1 aromatic heterocycles. The minimum absolute atomic E-state index is 0.0141. The first-order valence-corrected chi connectivity index (χ1v) is 11.7. The maximum atomic E-state index is 12.9. The summed E-state index contributed by atoms with van der Waals surface area (Å²) >= 11 is 12.1. The average molecular weight is 471 g/mol. The number of allylic oxidation sites excluding steroid dienone is 1. The molecule has 0 radical (unpaired) electrons. The number of carbonyl (C=O) groups excluding carboxylic acids is 1. The van der Waals surface area contributed by atoms with Crippen LogP contribution in [0.5, 0.6) is 0 Å². The van der Waals surface area contributed by atoms with E-state index >= 15 is 0 Å². The molecular formula is C25H28Cl2N4O. The Bertz CT molecular complexity index is 1030. The molecule has 2 aromatic rings. The standard InChI is InChI=1S/C25H28Cl2N4O/c1-30(2)23-6-3-5-20(29-23)17-25(11-4-12-28-25)16-18-9-13-31(14-10-18)24(32)19-7-8-21(26)22(27)15-19/h3-8,11-12,15,18H,9-10,13-14,16-17H2,1-2H3. The Hall–Kier alpha value is -2.37. The molecule has 0 saturated carbocycles. The molecule has 4 rings (SSSR count). The fraction of sp³-hybridized carbons (Fsp3) is 0.400. The lowest BCUT2D eigenvalue weighted by Crippen LogP contribution is -2.40. The minimum Gasteiger partial charge on any atom is -0.363 e. The zero-order valence-corrected chi connectivity index (χ0v) is 20.0. The molecule has 3 heterocycles. The van der Waals surface area contributed by atoms with Crippen LogP contribution in [0.3, 0.4) is 0 Å². The highest BCUT2D eigenvalue weighted by atomic mass is 35.5. The Morgan fingerprint density at radius 2 is 1.94 bits per heavy atom. The van der Waals surface area contributed by atoms with E-state index in [0.717, 1.165) is 50.3 Å². The predicted octanol–water partition coefficient (Wildman–Crippen LogP) is 5.32. The second-order valence-corrected chi connectivity index (χ2v) is 9.68. The van der Waals surface area contributed by atoms with Crippen molar-refractivity contribution in [2.24, 2.45) is 10.9 Å². The molecule has 168 valence electrons. The van der Waals surface area contributed by atoms with Gasteiger partial charge in [0.1, 0.15) is 5.82 Å². The molecule has 0 bridgehead atoms. The summed E-state index contributed by atoms with van der Waals surface area (Å²) in [5, 5.41) is 0.871. The van der Waals surface area contributed by atoms with Gasteiger partial charge in [-0.1, -0.05) is 35.3 Å². The number of aliphatic imine (C=N–C) groups is 1. The second kappa shape index (κ2) is 9.63. The molecule has 1 unspecified atom stereocenters. The van der Waals surface area contributed by atoms with E-state index in [-0.39, 0.29) is 11.4 Å². The van der Waals surface area contributed by atoms with Gasteiger partial charge in [0.25, 0.3) is 5.91 Å². The summed E-state index contributed by atoms with van der Waals surface area (Å²) in [6.45, 7) is 1.48. The van der Waals surface area contributed by atoms with Crippen LogP contribution in [0.1, 0.15) is 35.3 Å². The third-order valence-electron chi connectivity index (χ3n) is 6.27. The highest BCUT2D eigenvalue weighted by molar-refractivity contribution is 6.42. The maximum absolute atomic E-state index is 12.9. The van der Waals surface area contributed by atoms with Gasteiger partial charge in [-0.25, -0.2) is 4.98 Å². The van der Waals surface area contributed by atoms with Crippen LogP contribution in [0.4, 0.5) is 5.82 Å². The molecule has 0 N–H and O–H groups in total. The summed E-state index contributed by atoms with van der Waals surface area (Å²) in [4.78, 5) is 26.5. The first-order valence-electron chi connectivity index (χ1n) is 11.0. The number of piperidine rings is 1. The lowest BCUT2D eigenvalue weighted by molar-refractivity contribution is 0.0679. The van der Waals surface area contributed by atoms with Crippen molar-refractivity contribution in [1.29, 1.82) is 0 Å². The van der Waals surface area contributed by atoms with Gasteiger partial charge in [0, 0.05) is 51.1 Å². The number of aromatic nitrogens is 1. The first-order chi connectivity index (χ1) is 15.3. The Morgan fingerprint density at radius 3 is 2.59 bits per heavy atom. The van der Waals surface area contributed by atoms with Gasteiger partial charge in [0.15, 0.2) is 0 Å². The number of likely N-dealkylation sites (tertiary alicyclic amines) is 1. The molecule has 1 aromatic carbocycles. The first kappa shape index (κ1) is 22.8. The largest absolute Gasteiger partial charge is 0.363 e. The molecule has 1 saturated heterocycles. The van der Waals surface area contributed by atoms with Crippen molar-refractivity contribution in [1.82, 2.24) is 9.88 Å². The number of hydrogen-bond donors (Lipinski definition) is 0. The SMILES string of the molecule is CN(C)c1cccc(CC2(CC3CCN(C(=O)c4ccc(Cl)c(Cl)c4)CC3)C=CC=N2)n1. The van der Waals surface area contributed by atoms with Gasteiger partial charge < -0.3 is 9.80 Å². The van der Waals surface area contributed by atoms with E-state index in [9.17, 15) is 4.79 Å². The normalized spacial score (nSPS) is 20.7. The number of nitrogens with zero attached hydrogens (tertiary/aromatic N) is 4. The monoisotopic (exact) mass is 470 g/mol. The van der Waals surface area contributed by atoms with Crippen molar-refractivity contribution in [2.75, 3.05) is 32.1 Å². The minimum atomic E-state index is -0.252. The Morgan fingerprint density at radius 1 is 1.16 bits per heavy atom. The molecule has 0 aliphatic carbocycles. The van der Waals surface area contributed by atoms with Gasteiger partial charge in [-0.05, 0) is 61.6 Å². The predicted molar refractivity (Wildman–Crippen MR) is 132 cm³/mol. The van der Waals surface area contributed by atoms with Crippen LogP contribution in [0.2, 0.25) is 10.0 Å². The molecule has 1 atom stereocenters. The number of amides is 1. The molecule has 1 amide bonds. The number of halogens is 2. The molecule has 1 fully saturated rings. The van der Waals surface area contributed by atoms with Gasteiger partial charge in [0.2, 0.25) is 0 Å². The molecule has 2 aliphatic heterocycles. The van der Waals surface area contributed by atoms with E-state index in [4.69, 9.17) is 33.2 Å². The number of rotatable bonds is 6. The quantitative estimate of drug-likeness (QED) is 0.573. The van der Waals surface area contributed by atoms with E-state index < -0.39 is 0 Å². The summed E-state index contributed by atoms with van der Waals surface area (Å²) in [7, 11) is 4.01. The van der Waals surface area contributed by atoms with Crippen LogP contribution in [0.15, 0.2) is 53.5 Å². The smallest absolute Gasteiger partial charge is 0.253 e. The summed E-state index contributed by atoms with van der Waals surface area (Å²) < 4.78 is 0. The molecule has 7 heteroatoms. The van der Waals surface area contributed by atoms with Crippen molar-refractivity contribution < 1.29 is 4.79 Å². The van der Waals surface area contributed by atoms with Crippen LogP contribution >= 0.6 is 23.2 Å². The maximum Gasteiger partial charge on any atom is 0.253 e. The number of hydrogen-bond acceptors (Lipinski definition) is 4. The molecule has 32 heavy (non-hydrogen) atoms. The lowest BCUT2D eigenvalue weighted by Gasteiger charge is -2.36. The zero-order valence-electron chi connectivity index (χ0n) is 18.5. The van der Waals surface area contributed by atoms with E-state index in [0.29, 0.717) is 21.5 Å². The second-order valence-electron chi connectivity index (χ2n) is 8.87. The van der Waals surface area contributed by atoms with Gasteiger partial charge in [-0.2, -0.15) is 0 Å². The van der Waals surface area contributed by atoms with E-state index in [2.05, 4.69) is 18.2 Å². The Labute approximate surface area is 199 Å². The van der Waals surface area contributed by atoms with Crippen LogP contribution in [-0.4, -0.2) is 54.7 Å². The Kier molecular flexibility index (Phi) is 6.87. The van der Waals surface area contributed by atoms with Crippen LogP contribution in [0, 0.1) is 5.92 Å². The van der Waals surface area contributed by atoms with Crippen molar-refractivity contribution >= 4 is 41.1 Å².